The number of alkyl halides is 3. The normalized spacial score (nSPS) is 16.9. The second kappa shape index (κ2) is 7.08. The Labute approximate surface area is 132 Å². The molecule has 0 spiro atoms. The standard InChI is InChI=1S/C15H20F3N3O2/c1-19-12-9-11(3-4-13(12)23-15(16,17)18)20-14(22)10-5-7-21(2)8-6-10/h3-4,9-10,19H,5-8H2,1-2H3,(H,20,22). The topological polar surface area (TPSA) is 53.6 Å². The summed E-state index contributed by atoms with van der Waals surface area (Å²) < 4.78 is 40.9. The van der Waals surface area contributed by atoms with Crippen LogP contribution in [0.15, 0.2) is 18.2 Å². The number of piperidine rings is 1. The lowest BCUT2D eigenvalue weighted by molar-refractivity contribution is -0.274. The zero-order valence-corrected chi connectivity index (χ0v) is 13.0. The summed E-state index contributed by atoms with van der Waals surface area (Å²) in [6, 6.07) is 4.01. The fourth-order valence-electron chi connectivity index (χ4n) is 2.53. The Bertz CT molecular complexity index is 555. The van der Waals surface area contributed by atoms with Crippen molar-refractivity contribution in [2.75, 3.05) is 37.8 Å². The third kappa shape index (κ3) is 5.02. The summed E-state index contributed by atoms with van der Waals surface area (Å²) in [4.78, 5) is 14.4. The number of rotatable bonds is 4. The highest BCUT2D eigenvalue weighted by Crippen LogP contribution is 2.32. The molecule has 1 fully saturated rings. The Hall–Kier alpha value is -1.96. The van der Waals surface area contributed by atoms with Gasteiger partial charge in [0, 0.05) is 18.7 Å². The van der Waals surface area contributed by atoms with E-state index in [2.05, 4.69) is 20.3 Å². The first kappa shape index (κ1) is 17.4. The number of benzene rings is 1. The maximum absolute atomic E-state index is 12.3. The van der Waals surface area contributed by atoms with Crippen LogP contribution in [0.4, 0.5) is 24.5 Å². The Morgan fingerprint density at radius 3 is 2.52 bits per heavy atom. The van der Waals surface area contributed by atoms with E-state index in [1.54, 1.807) is 0 Å². The Morgan fingerprint density at radius 1 is 1.30 bits per heavy atom. The van der Waals surface area contributed by atoms with Gasteiger partial charge in [-0.3, -0.25) is 4.79 Å². The van der Waals surface area contributed by atoms with Gasteiger partial charge in [0.25, 0.3) is 0 Å². The van der Waals surface area contributed by atoms with Crippen molar-refractivity contribution in [3.63, 3.8) is 0 Å². The average molecular weight is 331 g/mol. The number of carbonyl (C=O) groups is 1. The first-order valence-corrected chi connectivity index (χ1v) is 7.35. The number of hydrogen-bond donors (Lipinski definition) is 2. The van der Waals surface area contributed by atoms with Crippen molar-refractivity contribution < 1.29 is 22.7 Å². The van der Waals surface area contributed by atoms with Gasteiger partial charge < -0.3 is 20.3 Å². The van der Waals surface area contributed by atoms with Crippen LogP contribution in [0.2, 0.25) is 0 Å². The molecule has 1 aromatic rings. The van der Waals surface area contributed by atoms with Crippen molar-refractivity contribution in [3.8, 4) is 5.75 Å². The highest BCUT2D eigenvalue weighted by atomic mass is 19.4. The van der Waals surface area contributed by atoms with E-state index >= 15 is 0 Å². The molecule has 1 aliphatic heterocycles. The summed E-state index contributed by atoms with van der Waals surface area (Å²) in [6.07, 6.45) is -3.21. The van der Waals surface area contributed by atoms with Gasteiger partial charge in [-0.15, -0.1) is 13.2 Å². The van der Waals surface area contributed by atoms with Crippen LogP contribution >= 0.6 is 0 Å². The summed E-state index contributed by atoms with van der Waals surface area (Å²) in [5.41, 5.74) is 0.594. The van der Waals surface area contributed by atoms with E-state index in [-0.39, 0.29) is 23.3 Å². The highest BCUT2D eigenvalue weighted by molar-refractivity contribution is 5.93. The summed E-state index contributed by atoms with van der Waals surface area (Å²) >= 11 is 0. The number of likely N-dealkylation sites (tertiary alicyclic amines) is 1. The molecule has 2 rings (SSSR count). The molecule has 1 heterocycles. The van der Waals surface area contributed by atoms with E-state index in [1.807, 2.05) is 7.05 Å². The molecule has 0 aromatic heterocycles. The Kier molecular flexibility index (Phi) is 5.35. The zero-order valence-electron chi connectivity index (χ0n) is 13.0. The summed E-state index contributed by atoms with van der Waals surface area (Å²) in [6.45, 7) is 1.72. The number of ether oxygens (including phenoxy) is 1. The van der Waals surface area contributed by atoms with Crippen LogP contribution in [0.25, 0.3) is 0 Å². The molecule has 0 saturated carbocycles. The second-order valence-electron chi connectivity index (χ2n) is 5.58. The summed E-state index contributed by atoms with van der Waals surface area (Å²) in [5, 5.41) is 5.39. The van der Waals surface area contributed by atoms with E-state index in [1.165, 1.54) is 25.2 Å². The summed E-state index contributed by atoms with van der Waals surface area (Å²) in [7, 11) is 3.49. The fraction of sp³-hybridized carbons (Fsp3) is 0.533. The molecule has 0 bridgehead atoms. The van der Waals surface area contributed by atoms with Crippen LogP contribution in [-0.2, 0) is 4.79 Å². The number of hydrogen-bond acceptors (Lipinski definition) is 4. The number of halogens is 3. The number of carbonyl (C=O) groups excluding carboxylic acids is 1. The molecule has 1 aromatic carbocycles. The predicted octanol–water partition coefficient (Wildman–Crippen LogP) is 2.91. The molecule has 1 amide bonds. The lowest BCUT2D eigenvalue weighted by Gasteiger charge is -2.28. The Morgan fingerprint density at radius 2 is 1.96 bits per heavy atom. The van der Waals surface area contributed by atoms with Gasteiger partial charge in [0.1, 0.15) is 0 Å². The van der Waals surface area contributed by atoms with Crippen LogP contribution in [0.3, 0.4) is 0 Å². The van der Waals surface area contributed by atoms with Gasteiger partial charge in [-0.1, -0.05) is 0 Å². The third-order valence-corrected chi connectivity index (χ3v) is 3.83. The van der Waals surface area contributed by atoms with Crippen LogP contribution in [0.5, 0.6) is 5.75 Å². The van der Waals surface area contributed by atoms with Crippen molar-refractivity contribution in [3.05, 3.63) is 18.2 Å². The van der Waals surface area contributed by atoms with Crippen LogP contribution in [0, 0.1) is 5.92 Å². The first-order valence-electron chi connectivity index (χ1n) is 7.35. The van der Waals surface area contributed by atoms with Crippen molar-refractivity contribution in [2.24, 2.45) is 5.92 Å². The van der Waals surface area contributed by atoms with E-state index in [0.29, 0.717) is 5.69 Å². The number of nitrogens with one attached hydrogen (secondary N) is 2. The fourth-order valence-corrected chi connectivity index (χ4v) is 2.53. The first-order chi connectivity index (χ1) is 10.8. The van der Waals surface area contributed by atoms with Gasteiger partial charge in [0.05, 0.1) is 5.69 Å². The SMILES string of the molecule is CNc1cc(NC(=O)C2CCN(C)CC2)ccc1OC(F)(F)F. The van der Waals surface area contributed by atoms with Gasteiger partial charge in [-0.05, 0) is 51.2 Å². The lowest BCUT2D eigenvalue weighted by Crippen LogP contribution is -2.35. The predicted molar refractivity (Wildman–Crippen MR) is 81.5 cm³/mol. The minimum atomic E-state index is -4.76. The van der Waals surface area contributed by atoms with Gasteiger partial charge in [-0.2, -0.15) is 0 Å². The third-order valence-electron chi connectivity index (χ3n) is 3.83. The average Bonchev–Trinajstić information content (AvgIpc) is 2.48. The largest absolute Gasteiger partial charge is 0.573 e. The van der Waals surface area contributed by atoms with Crippen molar-refractivity contribution in [1.82, 2.24) is 4.90 Å². The van der Waals surface area contributed by atoms with Gasteiger partial charge in [0.15, 0.2) is 5.75 Å². The molecule has 128 valence electrons. The van der Waals surface area contributed by atoms with Crippen LogP contribution in [-0.4, -0.2) is 44.4 Å². The van der Waals surface area contributed by atoms with Crippen LogP contribution in [0.1, 0.15) is 12.8 Å². The Balaban J connectivity index is 2.04. The van der Waals surface area contributed by atoms with E-state index in [0.717, 1.165) is 25.9 Å². The summed E-state index contributed by atoms with van der Waals surface area (Å²) in [5.74, 6) is -0.516. The quantitative estimate of drug-likeness (QED) is 0.891. The molecule has 1 saturated heterocycles. The smallest absolute Gasteiger partial charge is 0.404 e. The van der Waals surface area contributed by atoms with Crippen molar-refractivity contribution >= 4 is 17.3 Å². The monoisotopic (exact) mass is 331 g/mol. The number of amides is 1. The number of anilines is 2. The number of nitrogens with zero attached hydrogens (tertiary/aromatic N) is 1. The molecular formula is C15H20F3N3O2. The van der Waals surface area contributed by atoms with Gasteiger partial charge in [0.2, 0.25) is 5.91 Å². The molecule has 2 N–H and O–H groups in total. The van der Waals surface area contributed by atoms with Crippen molar-refractivity contribution in [1.29, 1.82) is 0 Å². The van der Waals surface area contributed by atoms with Gasteiger partial charge in [-0.25, -0.2) is 0 Å². The molecule has 5 nitrogen and oxygen atoms in total. The molecule has 23 heavy (non-hydrogen) atoms. The maximum Gasteiger partial charge on any atom is 0.573 e. The molecule has 1 aliphatic rings. The molecule has 8 heteroatoms. The van der Waals surface area contributed by atoms with E-state index in [9.17, 15) is 18.0 Å². The molecule has 0 aliphatic carbocycles. The van der Waals surface area contributed by atoms with Crippen LogP contribution < -0.4 is 15.4 Å². The highest BCUT2D eigenvalue weighted by Gasteiger charge is 2.32. The zero-order chi connectivity index (χ0) is 17.0. The lowest BCUT2D eigenvalue weighted by atomic mass is 9.96. The maximum atomic E-state index is 12.3. The second-order valence-corrected chi connectivity index (χ2v) is 5.58. The minimum absolute atomic E-state index is 0.0738. The molecular weight excluding hydrogens is 311 g/mol. The molecule has 0 radical (unpaired) electrons. The van der Waals surface area contributed by atoms with Crippen molar-refractivity contribution in [2.45, 2.75) is 19.2 Å². The van der Waals surface area contributed by atoms with E-state index < -0.39 is 6.36 Å². The minimum Gasteiger partial charge on any atom is -0.404 e. The van der Waals surface area contributed by atoms with E-state index in [4.69, 9.17) is 0 Å². The van der Waals surface area contributed by atoms with Gasteiger partial charge >= 0.3 is 6.36 Å². The molecule has 0 unspecified atom stereocenters. The molecule has 0 atom stereocenters.